The Kier molecular flexibility index (Phi) is 48.7. The van der Waals surface area contributed by atoms with E-state index in [0.29, 0.717) is 69.6 Å². The van der Waals surface area contributed by atoms with Crippen LogP contribution in [0.1, 0.15) is 143 Å². The van der Waals surface area contributed by atoms with Crippen LogP contribution in [0.4, 0.5) is 19.2 Å². The Balaban J connectivity index is 0.000000202. The van der Waals surface area contributed by atoms with Crippen LogP contribution in [0.15, 0.2) is 358 Å². The van der Waals surface area contributed by atoms with Crippen LogP contribution in [-0.2, 0) is 61.6 Å². The van der Waals surface area contributed by atoms with Gasteiger partial charge in [-0.3, -0.25) is 38.8 Å². The van der Waals surface area contributed by atoms with Crippen molar-refractivity contribution in [2.45, 2.75) is 107 Å². The van der Waals surface area contributed by atoms with Crippen LogP contribution in [-0.4, -0.2) is 178 Å². The second kappa shape index (κ2) is 62.7. The summed E-state index contributed by atoms with van der Waals surface area (Å²) in [6.07, 6.45) is 11.1. The molecule has 4 atom stereocenters. The Hall–Kier alpha value is -15.0. The van der Waals surface area contributed by atoms with Gasteiger partial charge in [0.05, 0.1) is 16.6 Å². The van der Waals surface area contributed by atoms with Crippen molar-refractivity contribution in [2.24, 2.45) is 0 Å². The number of nitrogens with one attached hydrogen (secondary N) is 4. The number of carboxylic acids is 4. The molecule has 24 nitrogen and oxygen atoms in total. The van der Waals surface area contributed by atoms with Gasteiger partial charge < -0.3 is 41.7 Å². The summed E-state index contributed by atoms with van der Waals surface area (Å²) in [7, 11) is 0. The fourth-order valence-electron chi connectivity index (χ4n) is 14.6. The smallest absolute Gasteiger partial charge is 0.327 e. The number of urea groups is 4. The van der Waals surface area contributed by atoms with Crippen LogP contribution in [0.5, 0.6) is 0 Å². The van der Waals surface area contributed by atoms with Crippen molar-refractivity contribution in [3.05, 3.63) is 451 Å². The zero-order chi connectivity index (χ0) is 106. The highest BCUT2D eigenvalue weighted by Gasteiger charge is 2.33. The number of imide groups is 4. The van der Waals surface area contributed by atoms with Gasteiger partial charge in [0, 0.05) is 87.9 Å². The zero-order valence-electron chi connectivity index (χ0n) is 82.1. The molecule has 0 fully saturated rings. The van der Waals surface area contributed by atoms with Gasteiger partial charge in [-0.05, 0) is 165 Å². The first-order valence-electron chi connectivity index (χ1n) is 48.0. The number of carbonyl (C=O) groups excluding carboxylic acids is 8. The highest BCUT2D eigenvalue weighted by Crippen LogP contribution is 2.28. The molecule has 30 heteroatoms. The largest absolute Gasteiger partial charge is 0.480 e. The van der Waals surface area contributed by atoms with E-state index in [0.717, 1.165) is 93.6 Å². The van der Waals surface area contributed by atoms with Crippen LogP contribution in [0.2, 0.25) is 10.0 Å². The number of carboxylic acid groups (broad SMARTS) is 4. The standard InChI is InChI=1S/C31H26Cl2N2O4S.C29H32N2O4S.2C29H30N2O4S/c32-26-16-11-22(17-27(26)33)18-35(29(36)25-14-12-24(13-15-25)23-9-5-2-6-10-23)31(39)34-28(30(37)38)20-40-19-21-7-3-1-4-8-21;2*1-2-18-31(29(35)30-26(28(33)34)21-36-20-24-12-7-4-8-13-24)27(32)25-15-9-14-23(19-25)17-16-22-10-5-3-6-11-22;1-2-19-31(29(35)30-26(28(33)34)21-36-20-24-11-7-4-8-12-24)27(32)25-17-15-23(16-18-25)14-13-22-9-5-3-6-10-22/h1-17,28H,18-20H2,(H,34,39)(H,37,38);3-15,19,26H,2,16-18,20-21H2,1H3,(H,30,35)(H,33,34);3-17,19,26H,2,18,20-21H2,1H3,(H,30,35)(H,33,34);3-18,26H,2,19-21H2,1H3,(H,30,35)(H,33,34)/b;;17-16+;14-13+/t28-;3*26-/m0000/s1. The average molecular weight is 2100 g/mol. The summed E-state index contributed by atoms with van der Waals surface area (Å²) in [5, 5.41) is 49.4. The van der Waals surface area contributed by atoms with Gasteiger partial charge in [0.25, 0.3) is 23.6 Å². The minimum Gasteiger partial charge on any atom is -0.480 e. The van der Waals surface area contributed by atoms with E-state index in [-0.39, 0.29) is 59.8 Å². The molecule has 0 aliphatic rings. The monoisotopic (exact) mass is 2100 g/mol. The van der Waals surface area contributed by atoms with E-state index >= 15 is 0 Å². The lowest BCUT2D eigenvalue weighted by molar-refractivity contribution is -0.139. The average Bonchev–Trinajstić information content (AvgIpc) is 0.788. The molecule has 0 aliphatic heterocycles. The highest BCUT2D eigenvalue weighted by molar-refractivity contribution is 7.99. The first kappa shape index (κ1) is 115. The molecular formula is C118H118Cl2N8O16S4. The summed E-state index contributed by atoms with van der Waals surface area (Å²) in [4.78, 5) is 157. The van der Waals surface area contributed by atoms with Crippen LogP contribution in [0, 0.1) is 0 Å². The van der Waals surface area contributed by atoms with Gasteiger partial charge in [0.15, 0.2) is 0 Å². The molecule has 12 amide bonds. The van der Waals surface area contributed by atoms with Crippen molar-refractivity contribution in [3.8, 4) is 11.1 Å². The normalized spacial score (nSPS) is 11.6. The predicted molar refractivity (Wildman–Crippen MR) is 596 cm³/mol. The number of hydrogen-bond donors (Lipinski definition) is 8. The molecule has 13 aromatic rings. The summed E-state index contributed by atoms with van der Waals surface area (Å²) in [5.74, 6) is -3.38. The van der Waals surface area contributed by atoms with Gasteiger partial charge in [-0.15, -0.1) is 0 Å². The number of hydrogen-bond acceptors (Lipinski definition) is 16. The molecule has 8 N–H and O–H groups in total. The number of aryl methyl sites for hydroxylation is 2. The number of aliphatic carboxylic acids is 4. The number of nitrogens with zero attached hydrogens (tertiary/aromatic N) is 4. The summed E-state index contributed by atoms with van der Waals surface area (Å²) in [5.41, 5.74) is 14.2. The van der Waals surface area contributed by atoms with Crippen molar-refractivity contribution in [1.82, 2.24) is 40.9 Å². The van der Waals surface area contributed by atoms with Gasteiger partial charge >= 0.3 is 48.0 Å². The zero-order valence-corrected chi connectivity index (χ0v) is 86.8. The maximum atomic E-state index is 13.6. The molecule has 0 bridgehead atoms. The molecule has 0 spiro atoms. The number of rotatable bonds is 44. The topological polar surface area (TPSA) is 347 Å². The third kappa shape index (κ3) is 39.1. The van der Waals surface area contributed by atoms with Crippen LogP contribution in [0.3, 0.4) is 0 Å². The van der Waals surface area contributed by atoms with Crippen LogP contribution in [0.25, 0.3) is 35.4 Å². The Morgan fingerprint density at radius 1 is 0.264 bits per heavy atom. The van der Waals surface area contributed by atoms with E-state index in [1.807, 2.05) is 312 Å². The maximum Gasteiger partial charge on any atom is 0.327 e. The molecule has 0 saturated carbocycles. The van der Waals surface area contributed by atoms with Gasteiger partial charge in [-0.2, -0.15) is 47.0 Å². The number of benzene rings is 13. The molecule has 0 unspecified atom stereocenters. The molecular weight excluding hydrogens is 1980 g/mol. The summed E-state index contributed by atoms with van der Waals surface area (Å²) < 4.78 is 0. The van der Waals surface area contributed by atoms with E-state index < -0.39 is 95.8 Å². The van der Waals surface area contributed by atoms with E-state index in [9.17, 15) is 78.0 Å². The molecule has 148 heavy (non-hydrogen) atoms. The fraction of sp³-hybridized carbons (Fsp3) is 0.203. The van der Waals surface area contributed by atoms with Crippen molar-refractivity contribution in [2.75, 3.05) is 42.6 Å². The number of carbonyl (C=O) groups is 12. The SMILES string of the molecule is CCCN(C(=O)N[C@@H](CSCc1ccccc1)C(=O)O)C(=O)c1ccc(/C=C/c2ccccc2)cc1.CCCN(C(=O)N[C@@H](CSCc1ccccc1)C(=O)O)C(=O)c1cccc(/C=C/c2ccccc2)c1.CCCN(C(=O)N[C@@H](CSCc1ccccc1)C(=O)O)C(=O)c1cccc(CCc2ccccc2)c1.O=C(O)[C@H](CSCc1ccccc1)NC(=O)N(Cc1ccc(Cl)c(Cl)c1)C(=O)c1ccc(-c2ccccc2)cc1. The fourth-order valence-corrected chi connectivity index (χ4v) is 18.9. The summed E-state index contributed by atoms with van der Waals surface area (Å²) >= 11 is 17.8. The second-order valence-electron chi connectivity index (χ2n) is 33.7. The van der Waals surface area contributed by atoms with Crippen molar-refractivity contribution >= 4 is 166 Å². The van der Waals surface area contributed by atoms with Gasteiger partial charge in [0.1, 0.15) is 24.2 Å². The van der Waals surface area contributed by atoms with E-state index in [4.69, 9.17) is 23.2 Å². The molecule has 0 aliphatic carbocycles. The third-order valence-corrected chi connectivity index (χ3v) is 27.5. The first-order valence-corrected chi connectivity index (χ1v) is 53.4. The maximum absolute atomic E-state index is 13.6. The Bertz CT molecular complexity index is 6520. The Morgan fingerprint density at radius 2 is 0.541 bits per heavy atom. The van der Waals surface area contributed by atoms with Crippen LogP contribution < -0.4 is 21.3 Å². The molecule has 0 aromatic heterocycles. The molecule has 13 rings (SSSR count). The summed E-state index contributed by atoms with van der Waals surface area (Å²) in [6.45, 7) is 6.01. The number of thioether (sulfide) groups is 4. The predicted octanol–water partition coefficient (Wildman–Crippen LogP) is 24.4. The highest BCUT2D eigenvalue weighted by atomic mass is 35.5. The molecule has 764 valence electrons. The van der Waals surface area contributed by atoms with Crippen molar-refractivity contribution in [1.29, 1.82) is 0 Å². The van der Waals surface area contributed by atoms with E-state index in [1.165, 1.54) is 52.6 Å². The van der Waals surface area contributed by atoms with Crippen LogP contribution >= 0.6 is 70.2 Å². The molecule has 0 saturated heterocycles. The lowest BCUT2D eigenvalue weighted by Crippen LogP contribution is -2.51. The Morgan fingerprint density at radius 3 is 0.899 bits per heavy atom. The van der Waals surface area contributed by atoms with Gasteiger partial charge in [0.2, 0.25) is 0 Å². The van der Waals surface area contributed by atoms with Gasteiger partial charge in [-0.1, -0.05) is 366 Å². The molecule has 0 radical (unpaired) electrons. The van der Waals surface area contributed by atoms with E-state index in [1.54, 1.807) is 78.9 Å². The molecule has 13 aromatic carbocycles. The number of halogens is 2. The third-order valence-electron chi connectivity index (χ3n) is 22.4. The second-order valence-corrected chi connectivity index (χ2v) is 38.7. The lowest BCUT2D eigenvalue weighted by atomic mass is 10.0. The number of amides is 12. The Labute approximate surface area is 890 Å². The van der Waals surface area contributed by atoms with Crippen molar-refractivity contribution in [3.63, 3.8) is 0 Å². The molecule has 0 heterocycles. The minimum atomic E-state index is -1.20. The summed E-state index contributed by atoms with van der Waals surface area (Å²) in [6, 6.07) is 104. The van der Waals surface area contributed by atoms with E-state index in [2.05, 4.69) is 33.4 Å². The van der Waals surface area contributed by atoms with Gasteiger partial charge in [-0.25, -0.2) is 38.4 Å². The quantitative estimate of drug-likeness (QED) is 0.0164. The van der Waals surface area contributed by atoms with Crippen molar-refractivity contribution < 1.29 is 78.0 Å². The minimum absolute atomic E-state index is 0.122. The lowest BCUT2D eigenvalue weighted by Gasteiger charge is -2.24. The first-order chi connectivity index (χ1) is 71.7.